The Morgan fingerprint density at radius 1 is 0.926 bits per heavy atom. The molecule has 5 heteroatoms. The van der Waals surface area contributed by atoms with Crippen LogP contribution in [0, 0.1) is 5.82 Å². The number of ether oxygens (including phenoxy) is 1. The Morgan fingerprint density at radius 3 is 2.41 bits per heavy atom. The maximum Gasteiger partial charge on any atom is 0.216 e. The monoisotopic (exact) mass is 422 g/mol. The second-order valence-corrected chi connectivity index (χ2v) is 7.60. The molecule has 0 saturated carbocycles. The Morgan fingerprint density at radius 2 is 1.63 bits per heavy atom. The van der Waals surface area contributed by atoms with E-state index in [0.717, 1.165) is 33.5 Å². The zero-order chi connectivity index (χ0) is 18.4. The number of halogens is 2. The molecule has 0 spiro atoms. The van der Waals surface area contributed by atoms with Crippen molar-refractivity contribution in [1.29, 1.82) is 0 Å². The molecule has 2 heterocycles. The van der Waals surface area contributed by atoms with E-state index < -0.39 is 6.23 Å². The molecule has 0 saturated heterocycles. The van der Waals surface area contributed by atoms with E-state index in [0.29, 0.717) is 5.56 Å². The van der Waals surface area contributed by atoms with E-state index in [9.17, 15) is 4.39 Å². The highest BCUT2D eigenvalue weighted by Gasteiger charge is 2.41. The normalized spacial score (nSPS) is 20.5. The Labute approximate surface area is 165 Å². The first-order valence-electron chi connectivity index (χ1n) is 8.82. The zero-order valence-corrected chi connectivity index (χ0v) is 15.9. The number of benzene rings is 3. The van der Waals surface area contributed by atoms with Crippen molar-refractivity contribution >= 4 is 21.6 Å². The Hall–Kier alpha value is -2.66. The molecule has 0 aromatic heterocycles. The number of rotatable bonds is 2. The lowest BCUT2D eigenvalue weighted by Crippen LogP contribution is -2.34. The van der Waals surface area contributed by atoms with E-state index in [1.54, 1.807) is 12.1 Å². The van der Waals surface area contributed by atoms with E-state index in [1.165, 1.54) is 6.07 Å². The molecule has 3 aromatic carbocycles. The Balaban J connectivity index is 1.61. The maximum absolute atomic E-state index is 14.5. The van der Waals surface area contributed by atoms with E-state index in [1.807, 2.05) is 53.5 Å². The Bertz CT molecular complexity index is 1030. The topological polar surface area (TPSA) is 24.8 Å². The van der Waals surface area contributed by atoms with Gasteiger partial charge in [0.1, 0.15) is 11.6 Å². The van der Waals surface area contributed by atoms with E-state index in [-0.39, 0.29) is 11.9 Å². The summed E-state index contributed by atoms with van der Waals surface area (Å²) in [7, 11) is 0. The molecular formula is C22H16BrFN2O. The van der Waals surface area contributed by atoms with Crippen LogP contribution >= 0.6 is 15.9 Å². The summed E-state index contributed by atoms with van der Waals surface area (Å²) in [6.07, 6.45) is 0.173. The number of para-hydroxylation sites is 1. The van der Waals surface area contributed by atoms with Crippen LogP contribution in [0.3, 0.4) is 0 Å². The summed E-state index contributed by atoms with van der Waals surface area (Å²) in [5.41, 5.74) is 3.63. The van der Waals surface area contributed by atoms with Gasteiger partial charge in [0.05, 0.1) is 17.3 Å². The van der Waals surface area contributed by atoms with Crippen molar-refractivity contribution in [3.8, 4) is 5.75 Å². The van der Waals surface area contributed by atoms with Crippen LogP contribution in [0.15, 0.2) is 82.4 Å². The number of hydrazone groups is 1. The van der Waals surface area contributed by atoms with Crippen molar-refractivity contribution in [2.45, 2.75) is 18.7 Å². The van der Waals surface area contributed by atoms with Gasteiger partial charge in [-0.25, -0.2) is 9.40 Å². The van der Waals surface area contributed by atoms with Crippen molar-refractivity contribution in [2.24, 2.45) is 5.10 Å². The summed E-state index contributed by atoms with van der Waals surface area (Å²) in [5, 5.41) is 6.75. The molecule has 3 aromatic rings. The Kier molecular flexibility index (Phi) is 3.97. The van der Waals surface area contributed by atoms with Crippen LogP contribution in [0.2, 0.25) is 0 Å². The first kappa shape index (κ1) is 16.5. The molecule has 134 valence electrons. The summed E-state index contributed by atoms with van der Waals surface area (Å²) < 4.78 is 21.7. The highest BCUT2D eigenvalue weighted by Crippen LogP contribution is 2.47. The van der Waals surface area contributed by atoms with Crippen molar-refractivity contribution in [2.75, 3.05) is 0 Å². The van der Waals surface area contributed by atoms with E-state index >= 15 is 0 Å². The van der Waals surface area contributed by atoms with Crippen LogP contribution in [0.4, 0.5) is 4.39 Å². The number of hydrogen-bond acceptors (Lipinski definition) is 3. The number of hydrogen-bond donors (Lipinski definition) is 0. The molecular weight excluding hydrogens is 407 g/mol. The third kappa shape index (κ3) is 2.82. The van der Waals surface area contributed by atoms with Crippen LogP contribution in [-0.4, -0.2) is 10.7 Å². The third-order valence-corrected chi connectivity index (χ3v) is 5.58. The maximum atomic E-state index is 14.5. The molecule has 0 fully saturated rings. The molecule has 2 aliphatic heterocycles. The summed E-state index contributed by atoms with van der Waals surface area (Å²) in [4.78, 5) is 0. The van der Waals surface area contributed by atoms with E-state index in [2.05, 4.69) is 22.0 Å². The van der Waals surface area contributed by atoms with Gasteiger partial charge in [-0.1, -0.05) is 64.5 Å². The van der Waals surface area contributed by atoms with Crippen molar-refractivity contribution < 1.29 is 9.13 Å². The fraction of sp³-hybridized carbons (Fsp3) is 0.136. The van der Waals surface area contributed by atoms with Gasteiger partial charge in [0.25, 0.3) is 0 Å². The molecule has 2 atom stereocenters. The molecule has 27 heavy (non-hydrogen) atoms. The van der Waals surface area contributed by atoms with Crippen molar-refractivity contribution in [3.05, 3.63) is 99.8 Å². The first-order valence-corrected chi connectivity index (χ1v) is 9.62. The molecule has 3 nitrogen and oxygen atoms in total. The molecule has 2 aliphatic rings. The minimum atomic E-state index is -0.584. The quantitative estimate of drug-likeness (QED) is 0.518. The molecule has 0 aliphatic carbocycles. The predicted molar refractivity (Wildman–Crippen MR) is 106 cm³/mol. The second-order valence-electron chi connectivity index (χ2n) is 6.68. The summed E-state index contributed by atoms with van der Waals surface area (Å²) in [6.45, 7) is 0. The van der Waals surface area contributed by atoms with Gasteiger partial charge in [0, 0.05) is 16.5 Å². The predicted octanol–water partition coefficient (Wildman–Crippen LogP) is 5.83. The summed E-state index contributed by atoms with van der Waals surface area (Å²) in [6, 6.07) is 22.8. The average Bonchev–Trinajstić information content (AvgIpc) is 3.14. The molecule has 0 N–H and O–H groups in total. The second kappa shape index (κ2) is 6.50. The van der Waals surface area contributed by atoms with Crippen molar-refractivity contribution in [3.63, 3.8) is 0 Å². The lowest BCUT2D eigenvalue weighted by molar-refractivity contribution is -0.0212. The third-order valence-electron chi connectivity index (χ3n) is 5.05. The van der Waals surface area contributed by atoms with Gasteiger partial charge >= 0.3 is 0 Å². The fourth-order valence-electron chi connectivity index (χ4n) is 3.73. The minimum absolute atomic E-state index is 0.0261. The SMILES string of the molecule is Fc1ccccc1C1Oc2ccccc2C2CC(c3ccc(Br)cc3)=NN21. The van der Waals surface area contributed by atoms with Gasteiger partial charge in [0.15, 0.2) is 0 Å². The molecule has 2 unspecified atom stereocenters. The number of fused-ring (bicyclic) bond motifs is 3. The lowest BCUT2D eigenvalue weighted by Gasteiger charge is -2.38. The lowest BCUT2D eigenvalue weighted by atomic mass is 9.96. The largest absolute Gasteiger partial charge is 0.464 e. The highest BCUT2D eigenvalue weighted by atomic mass is 79.9. The van der Waals surface area contributed by atoms with Crippen LogP contribution in [0.5, 0.6) is 5.75 Å². The number of nitrogens with zero attached hydrogens (tertiary/aromatic N) is 2. The molecule has 0 amide bonds. The van der Waals surface area contributed by atoms with Gasteiger partial charge in [-0.05, 0) is 29.8 Å². The minimum Gasteiger partial charge on any atom is -0.464 e. The van der Waals surface area contributed by atoms with Gasteiger partial charge < -0.3 is 4.74 Å². The zero-order valence-electron chi connectivity index (χ0n) is 14.3. The summed E-state index contributed by atoms with van der Waals surface area (Å²) >= 11 is 3.47. The van der Waals surface area contributed by atoms with Crippen LogP contribution in [0.1, 0.15) is 35.4 Å². The van der Waals surface area contributed by atoms with Crippen LogP contribution in [-0.2, 0) is 0 Å². The first-order chi connectivity index (χ1) is 13.2. The molecule has 5 rings (SSSR count). The smallest absolute Gasteiger partial charge is 0.216 e. The van der Waals surface area contributed by atoms with Crippen LogP contribution < -0.4 is 4.74 Å². The van der Waals surface area contributed by atoms with Gasteiger partial charge in [-0.15, -0.1) is 0 Å². The molecule has 0 radical (unpaired) electrons. The van der Waals surface area contributed by atoms with E-state index in [4.69, 9.17) is 9.84 Å². The van der Waals surface area contributed by atoms with Crippen LogP contribution in [0.25, 0.3) is 0 Å². The van der Waals surface area contributed by atoms with Crippen molar-refractivity contribution in [1.82, 2.24) is 5.01 Å². The highest BCUT2D eigenvalue weighted by molar-refractivity contribution is 9.10. The standard InChI is InChI=1S/C22H16BrFN2O/c23-15-11-9-14(10-12-15)19-13-20-17-6-2-4-8-21(17)27-22(26(20)25-19)16-5-1-3-7-18(16)24/h1-12,20,22H,13H2. The average molecular weight is 423 g/mol. The van der Waals surface area contributed by atoms with Gasteiger partial charge in [-0.2, -0.15) is 5.10 Å². The molecule has 0 bridgehead atoms. The summed E-state index contributed by atoms with van der Waals surface area (Å²) in [5.74, 6) is 0.507. The van der Waals surface area contributed by atoms with Gasteiger partial charge in [-0.3, -0.25) is 0 Å². The fourth-order valence-corrected chi connectivity index (χ4v) is 4.00. The van der Waals surface area contributed by atoms with Gasteiger partial charge in [0.2, 0.25) is 6.23 Å².